The lowest BCUT2D eigenvalue weighted by Gasteiger charge is -2.34. The lowest BCUT2D eigenvalue weighted by atomic mass is 9.71. The largest absolute Gasteiger partial charge is 0.459 e. The van der Waals surface area contributed by atoms with Crippen molar-refractivity contribution in [2.24, 2.45) is 17.8 Å². The zero-order valence-corrected chi connectivity index (χ0v) is 13.7. The first-order valence-corrected chi connectivity index (χ1v) is 8.18. The smallest absolute Gasteiger partial charge is 0.336 e. The summed E-state index contributed by atoms with van der Waals surface area (Å²) in [6.45, 7) is 8.61. The third kappa shape index (κ3) is 4.36. The molecule has 3 atom stereocenters. The molecule has 0 bridgehead atoms. The summed E-state index contributed by atoms with van der Waals surface area (Å²) in [4.78, 5) is 11.2. The van der Waals surface area contributed by atoms with Gasteiger partial charge in [0.25, 0.3) is 6.29 Å². The van der Waals surface area contributed by atoms with Crippen molar-refractivity contribution in [3.63, 3.8) is 0 Å². The van der Waals surface area contributed by atoms with Gasteiger partial charge in [-0.25, -0.2) is 4.79 Å². The van der Waals surface area contributed by atoms with Crippen LogP contribution in [0.3, 0.4) is 0 Å². The Hall–Kier alpha value is -1.25. The van der Waals surface area contributed by atoms with E-state index in [1.165, 1.54) is 31.3 Å². The van der Waals surface area contributed by atoms with Gasteiger partial charge in [-0.15, -0.1) is 0 Å². The maximum Gasteiger partial charge on any atom is 0.336 e. The number of cyclic esters (lactones) is 1. The zero-order chi connectivity index (χ0) is 15.4. The number of carbonyl (C=O) groups excluding carboxylic acids is 1. The fourth-order valence-corrected chi connectivity index (χ4v) is 3.53. The standard InChI is InChI=1S/C18H28O3/c1-12(11-20-17-10-15(4)18(19)21-17)8-9-16-13(2)6-5-7-14(16)3/h10-11,13-14,16-17H,5-9H2,1-4H3/b12-11-. The van der Waals surface area contributed by atoms with Gasteiger partial charge in [0.2, 0.25) is 0 Å². The Bertz CT molecular complexity index is 426. The molecule has 0 aromatic heterocycles. The van der Waals surface area contributed by atoms with Gasteiger partial charge in [0.15, 0.2) is 0 Å². The average molecular weight is 292 g/mol. The number of esters is 1. The van der Waals surface area contributed by atoms with Gasteiger partial charge in [-0.3, -0.25) is 0 Å². The summed E-state index contributed by atoms with van der Waals surface area (Å²) in [5, 5.41) is 0. The van der Waals surface area contributed by atoms with Gasteiger partial charge in [-0.2, -0.15) is 0 Å². The first-order chi connectivity index (χ1) is 9.97. The first kappa shape index (κ1) is 16.1. The van der Waals surface area contributed by atoms with Crippen LogP contribution in [0.15, 0.2) is 23.5 Å². The monoisotopic (exact) mass is 292 g/mol. The Balaban J connectivity index is 1.77. The highest BCUT2D eigenvalue weighted by atomic mass is 16.7. The molecule has 2 aliphatic rings. The van der Waals surface area contributed by atoms with Gasteiger partial charge in [-0.05, 0) is 50.0 Å². The second-order valence-electron chi connectivity index (χ2n) is 6.81. The molecule has 1 aliphatic heterocycles. The summed E-state index contributed by atoms with van der Waals surface area (Å²) in [6, 6.07) is 0. The normalized spacial score (nSPS) is 33.6. The molecular formula is C18H28O3. The molecule has 2 rings (SSSR count). The van der Waals surface area contributed by atoms with E-state index in [1.807, 2.05) is 0 Å². The van der Waals surface area contributed by atoms with Gasteiger partial charge in [-0.1, -0.05) is 33.1 Å². The van der Waals surface area contributed by atoms with E-state index in [2.05, 4.69) is 20.8 Å². The molecule has 1 heterocycles. The molecule has 3 heteroatoms. The lowest BCUT2D eigenvalue weighted by molar-refractivity contribution is -0.152. The van der Waals surface area contributed by atoms with Crippen molar-refractivity contribution in [1.29, 1.82) is 0 Å². The summed E-state index contributed by atoms with van der Waals surface area (Å²) >= 11 is 0. The highest BCUT2D eigenvalue weighted by Crippen LogP contribution is 2.37. The Morgan fingerprint density at radius 2 is 2.05 bits per heavy atom. The average Bonchev–Trinajstić information content (AvgIpc) is 2.75. The Labute approximate surface area is 128 Å². The third-order valence-corrected chi connectivity index (χ3v) is 4.99. The second-order valence-corrected chi connectivity index (χ2v) is 6.81. The number of rotatable bonds is 5. The van der Waals surface area contributed by atoms with Gasteiger partial charge in [0, 0.05) is 11.6 Å². The summed E-state index contributed by atoms with van der Waals surface area (Å²) in [5.41, 5.74) is 1.84. The second kappa shape index (κ2) is 7.15. The molecule has 3 nitrogen and oxygen atoms in total. The number of carbonyl (C=O) groups is 1. The Kier molecular flexibility index (Phi) is 5.49. The van der Waals surface area contributed by atoms with Crippen LogP contribution in [0.4, 0.5) is 0 Å². The third-order valence-electron chi connectivity index (χ3n) is 4.99. The van der Waals surface area contributed by atoms with Crippen LogP contribution in [0.1, 0.15) is 59.8 Å². The predicted molar refractivity (Wildman–Crippen MR) is 83.4 cm³/mol. The molecule has 1 aliphatic carbocycles. The van der Waals surface area contributed by atoms with E-state index in [-0.39, 0.29) is 5.97 Å². The van der Waals surface area contributed by atoms with Crippen LogP contribution in [0.5, 0.6) is 0 Å². The van der Waals surface area contributed by atoms with Crippen molar-refractivity contribution in [2.75, 3.05) is 0 Å². The summed E-state index contributed by atoms with van der Waals surface area (Å²) in [7, 11) is 0. The van der Waals surface area contributed by atoms with Crippen molar-refractivity contribution >= 4 is 5.97 Å². The minimum absolute atomic E-state index is 0.282. The van der Waals surface area contributed by atoms with Crippen molar-refractivity contribution < 1.29 is 14.3 Å². The van der Waals surface area contributed by atoms with E-state index in [0.29, 0.717) is 5.57 Å². The summed E-state index contributed by atoms with van der Waals surface area (Å²) < 4.78 is 10.6. The van der Waals surface area contributed by atoms with E-state index in [9.17, 15) is 4.79 Å². The molecule has 0 aromatic rings. The Morgan fingerprint density at radius 3 is 2.62 bits per heavy atom. The summed E-state index contributed by atoms with van der Waals surface area (Å²) in [5.74, 6) is 2.22. The van der Waals surface area contributed by atoms with Gasteiger partial charge >= 0.3 is 5.97 Å². The molecule has 0 spiro atoms. The molecule has 1 fully saturated rings. The lowest BCUT2D eigenvalue weighted by Crippen LogP contribution is -2.24. The summed E-state index contributed by atoms with van der Waals surface area (Å²) in [6.07, 6.45) is 9.35. The van der Waals surface area contributed by atoms with Crippen LogP contribution in [-0.4, -0.2) is 12.3 Å². The van der Waals surface area contributed by atoms with Crippen LogP contribution in [0, 0.1) is 17.8 Å². The van der Waals surface area contributed by atoms with E-state index in [1.54, 1.807) is 19.3 Å². The maximum absolute atomic E-state index is 11.2. The van der Waals surface area contributed by atoms with E-state index in [4.69, 9.17) is 9.47 Å². The maximum atomic E-state index is 11.2. The predicted octanol–water partition coefficient (Wildman–Crippen LogP) is 4.59. The molecule has 0 aromatic carbocycles. The SMILES string of the molecule is CC1=CC(O/C=C(/C)CCC2C(C)CCCC2C)OC1=O. The van der Waals surface area contributed by atoms with Crippen molar-refractivity contribution in [1.82, 2.24) is 0 Å². The number of hydrogen-bond donors (Lipinski definition) is 0. The van der Waals surface area contributed by atoms with E-state index >= 15 is 0 Å². The molecule has 118 valence electrons. The number of hydrogen-bond acceptors (Lipinski definition) is 3. The topological polar surface area (TPSA) is 35.5 Å². The number of ether oxygens (including phenoxy) is 2. The van der Waals surface area contributed by atoms with Crippen LogP contribution in [-0.2, 0) is 14.3 Å². The highest BCUT2D eigenvalue weighted by molar-refractivity contribution is 5.89. The van der Waals surface area contributed by atoms with Crippen LogP contribution in [0.25, 0.3) is 0 Å². The molecule has 0 saturated heterocycles. The minimum atomic E-state index is -0.542. The molecule has 21 heavy (non-hydrogen) atoms. The van der Waals surface area contributed by atoms with Crippen LogP contribution >= 0.6 is 0 Å². The van der Waals surface area contributed by atoms with Crippen molar-refractivity contribution in [3.05, 3.63) is 23.5 Å². The van der Waals surface area contributed by atoms with E-state index < -0.39 is 6.29 Å². The fourth-order valence-electron chi connectivity index (χ4n) is 3.53. The van der Waals surface area contributed by atoms with Gasteiger partial charge < -0.3 is 9.47 Å². The van der Waals surface area contributed by atoms with Crippen molar-refractivity contribution in [2.45, 2.75) is 66.1 Å². The van der Waals surface area contributed by atoms with Crippen LogP contribution in [0.2, 0.25) is 0 Å². The van der Waals surface area contributed by atoms with Crippen molar-refractivity contribution in [3.8, 4) is 0 Å². The number of allylic oxidation sites excluding steroid dienone is 1. The van der Waals surface area contributed by atoms with E-state index in [0.717, 1.165) is 24.2 Å². The minimum Gasteiger partial charge on any atom is -0.459 e. The molecule has 0 amide bonds. The first-order valence-electron chi connectivity index (χ1n) is 8.18. The quantitative estimate of drug-likeness (QED) is 0.549. The molecular weight excluding hydrogens is 264 g/mol. The fraction of sp³-hybridized carbons (Fsp3) is 0.722. The zero-order valence-electron chi connectivity index (χ0n) is 13.7. The Morgan fingerprint density at radius 1 is 1.38 bits per heavy atom. The molecule has 3 unspecified atom stereocenters. The van der Waals surface area contributed by atoms with Crippen LogP contribution < -0.4 is 0 Å². The van der Waals surface area contributed by atoms with Gasteiger partial charge in [0.1, 0.15) is 0 Å². The highest BCUT2D eigenvalue weighted by Gasteiger charge is 2.27. The van der Waals surface area contributed by atoms with Gasteiger partial charge in [0.05, 0.1) is 6.26 Å². The molecule has 1 saturated carbocycles. The molecule has 0 N–H and O–H groups in total. The molecule has 0 radical (unpaired) electrons.